The first-order valence-corrected chi connectivity index (χ1v) is 6.17. The zero-order valence-corrected chi connectivity index (χ0v) is 10.6. The molecule has 0 radical (unpaired) electrons. The van der Waals surface area contributed by atoms with Gasteiger partial charge in [-0.25, -0.2) is 0 Å². The molecule has 96 valence electrons. The molecule has 0 fully saturated rings. The summed E-state index contributed by atoms with van der Waals surface area (Å²) in [6.07, 6.45) is 11.4. The quantitative estimate of drug-likeness (QED) is 0.619. The molecule has 0 unspecified atom stereocenters. The van der Waals surface area contributed by atoms with E-state index < -0.39 is 0 Å². The van der Waals surface area contributed by atoms with Crippen molar-refractivity contribution < 1.29 is 0 Å². The molecular formula is C14H30N2. The van der Waals surface area contributed by atoms with Gasteiger partial charge >= 0.3 is 0 Å². The van der Waals surface area contributed by atoms with Gasteiger partial charge in [0, 0.05) is 18.9 Å². The number of unbranched alkanes of at least 4 members (excludes halogenated alkanes) is 3. The molecule has 1 heterocycles. The molecule has 0 atom stereocenters. The second-order valence-electron chi connectivity index (χ2n) is 3.51. The Kier molecular flexibility index (Phi) is 13.3. The summed E-state index contributed by atoms with van der Waals surface area (Å²) in [6.45, 7) is 12.1. The number of hydrogen-bond acceptors (Lipinski definition) is 2. The van der Waals surface area contributed by atoms with Crippen LogP contribution in [-0.4, -0.2) is 23.0 Å². The van der Waals surface area contributed by atoms with E-state index in [4.69, 9.17) is 0 Å². The Labute approximate surface area is 103 Å². The summed E-state index contributed by atoms with van der Waals surface area (Å²) < 4.78 is 0. The molecule has 16 heavy (non-hydrogen) atoms. The van der Waals surface area contributed by atoms with Crippen molar-refractivity contribution in [3.8, 4) is 0 Å². The number of nitrogens with zero attached hydrogens (tertiary/aromatic N) is 2. The summed E-state index contributed by atoms with van der Waals surface area (Å²) in [4.78, 5) is 4.43. The largest absolute Gasteiger partial charge is 0.358 e. The molecule has 2 heteroatoms. The van der Waals surface area contributed by atoms with Crippen LogP contribution in [0.3, 0.4) is 0 Å². The molecular weight excluding hydrogens is 196 g/mol. The van der Waals surface area contributed by atoms with Crippen LogP contribution in [0.5, 0.6) is 0 Å². The molecule has 0 aromatic carbocycles. The fourth-order valence-electron chi connectivity index (χ4n) is 1.49. The zero-order valence-electron chi connectivity index (χ0n) is 10.6. The van der Waals surface area contributed by atoms with Gasteiger partial charge < -0.3 is 9.80 Å². The van der Waals surface area contributed by atoms with Crippen LogP contribution in [0.4, 0.5) is 0 Å². The van der Waals surface area contributed by atoms with Gasteiger partial charge in [-0.1, -0.05) is 54.0 Å². The highest BCUT2D eigenvalue weighted by molar-refractivity contribution is 4.94. The normalized spacial score (nSPS) is 12.9. The second kappa shape index (κ2) is 12.2. The second-order valence-corrected chi connectivity index (χ2v) is 3.51. The lowest BCUT2D eigenvalue weighted by atomic mass is 10.2. The molecule has 0 aromatic rings. The van der Waals surface area contributed by atoms with Gasteiger partial charge in [-0.3, -0.25) is 0 Å². The van der Waals surface area contributed by atoms with Crippen molar-refractivity contribution in [2.24, 2.45) is 0 Å². The first-order valence-electron chi connectivity index (χ1n) is 6.17. The number of hydrogen-bond donors (Lipinski definition) is 0. The van der Waals surface area contributed by atoms with Gasteiger partial charge in [0.2, 0.25) is 0 Å². The van der Waals surface area contributed by atoms with Crippen LogP contribution in [-0.2, 0) is 0 Å². The molecule has 1 aliphatic rings. The lowest BCUT2D eigenvalue weighted by molar-refractivity contribution is 0.308. The molecule has 0 saturated heterocycles. The zero-order chi connectivity index (χ0) is 11.5. The fraction of sp³-hybridized carbons (Fsp3) is 0.714. The highest BCUT2D eigenvalue weighted by Crippen LogP contribution is 2.08. The van der Waals surface area contributed by atoms with Gasteiger partial charge in [-0.05, 0) is 12.6 Å². The lowest BCUT2D eigenvalue weighted by Crippen LogP contribution is -2.22. The first kappa shape index (κ1) is 17.5. The van der Waals surface area contributed by atoms with Crippen molar-refractivity contribution in [1.29, 1.82) is 0 Å². The molecule has 0 aromatic heterocycles. The van der Waals surface area contributed by atoms with E-state index in [2.05, 4.69) is 35.7 Å². The van der Waals surface area contributed by atoms with Gasteiger partial charge in [-0.15, -0.1) is 0 Å². The van der Waals surface area contributed by atoms with Crippen LogP contribution < -0.4 is 0 Å². The maximum atomic E-state index is 3.73. The van der Waals surface area contributed by atoms with Crippen molar-refractivity contribution in [3.63, 3.8) is 0 Å². The molecule has 0 aliphatic carbocycles. The van der Waals surface area contributed by atoms with Gasteiger partial charge in [0.05, 0.1) is 6.67 Å². The van der Waals surface area contributed by atoms with Gasteiger partial charge in [0.1, 0.15) is 0 Å². The Morgan fingerprint density at radius 3 is 2.38 bits per heavy atom. The van der Waals surface area contributed by atoms with E-state index in [-0.39, 0.29) is 7.43 Å². The summed E-state index contributed by atoms with van der Waals surface area (Å²) in [5.41, 5.74) is 0. The van der Waals surface area contributed by atoms with E-state index >= 15 is 0 Å². The van der Waals surface area contributed by atoms with E-state index in [9.17, 15) is 0 Å². The Hall–Kier alpha value is -0.920. The fourth-order valence-corrected chi connectivity index (χ4v) is 1.49. The summed E-state index contributed by atoms with van der Waals surface area (Å²) >= 11 is 0. The minimum atomic E-state index is 0. The maximum Gasteiger partial charge on any atom is 0.0935 e. The molecule has 2 nitrogen and oxygen atoms in total. The van der Waals surface area contributed by atoms with Crippen LogP contribution in [0, 0.1) is 0 Å². The highest BCUT2D eigenvalue weighted by Gasteiger charge is 2.07. The molecule has 1 rings (SSSR count). The maximum absolute atomic E-state index is 3.73. The summed E-state index contributed by atoms with van der Waals surface area (Å²) in [6, 6.07) is 0. The Morgan fingerprint density at radius 2 is 1.88 bits per heavy atom. The minimum Gasteiger partial charge on any atom is -0.358 e. The average molecular weight is 226 g/mol. The smallest absolute Gasteiger partial charge is 0.0935 e. The summed E-state index contributed by atoms with van der Waals surface area (Å²) in [7, 11) is 0. The standard InChI is InChI=1S/C11H20N2.C2H6.CH4/c1-3-5-6-7-8-13-10-9-12(4-2)11-13;1-2;/h4,9-10H,2-3,5-8,11H2,1H3;1-2H3;1H4. The third kappa shape index (κ3) is 7.38. The van der Waals surface area contributed by atoms with Crippen LogP contribution >= 0.6 is 0 Å². The van der Waals surface area contributed by atoms with E-state index in [0.29, 0.717) is 0 Å². The van der Waals surface area contributed by atoms with E-state index in [1.54, 1.807) is 0 Å². The molecule has 0 amide bonds. The first-order chi connectivity index (χ1) is 7.36. The molecule has 0 spiro atoms. The molecule has 0 bridgehead atoms. The minimum absolute atomic E-state index is 0. The van der Waals surface area contributed by atoms with Crippen LogP contribution in [0.15, 0.2) is 25.2 Å². The van der Waals surface area contributed by atoms with Crippen molar-refractivity contribution in [3.05, 3.63) is 25.2 Å². The van der Waals surface area contributed by atoms with E-state index in [1.165, 1.54) is 32.2 Å². The van der Waals surface area contributed by atoms with Gasteiger partial charge in [0.15, 0.2) is 0 Å². The van der Waals surface area contributed by atoms with Crippen molar-refractivity contribution >= 4 is 0 Å². The monoisotopic (exact) mass is 226 g/mol. The van der Waals surface area contributed by atoms with Crippen LogP contribution in [0.2, 0.25) is 0 Å². The van der Waals surface area contributed by atoms with E-state index in [0.717, 1.165) is 6.67 Å². The lowest BCUT2D eigenvalue weighted by Gasteiger charge is -2.17. The molecule has 0 saturated carbocycles. The van der Waals surface area contributed by atoms with Gasteiger partial charge in [0.25, 0.3) is 0 Å². The third-order valence-corrected chi connectivity index (χ3v) is 2.35. The van der Waals surface area contributed by atoms with Crippen molar-refractivity contribution in [1.82, 2.24) is 9.80 Å². The predicted octanol–water partition coefficient (Wildman–Crippen LogP) is 4.42. The predicted molar refractivity (Wildman–Crippen MR) is 75.0 cm³/mol. The SMILES string of the molecule is C.C=CN1C=CN(CCCCCC)C1.CC. The van der Waals surface area contributed by atoms with Gasteiger partial charge in [-0.2, -0.15) is 0 Å². The van der Waals surface area contributed by atoms with Crippen molar-refractivity contribution in [2.75, 3.05) is 13.2 Å². The average Bonchev–Trinajstić information content (AvgIpc) is 2.75. The topological polar surface area (TPSA) is 6.48 Å². The number of rotatable bonds is 6. The summed E-state index contributed by atoms with van der Waals surface area (Å²) in [5.74, 6) is 0. The molecule has 1 aliphatic heterocycles. The highest BCUT2D eigenvalue weighted by atomic mass is 15.3. The Morgan fingerprint density at radius 1 is 1.19 bits per heavy atom. The van der Waals surface area contributed by atoms with Crippen molar-refractivity contribution in [2.45, 2.75) is 53.9 Å². The van der Waals surface area contributed by atoms with E-state index in [1.807, 2.05) is 20.0 Å². The molecule has 0 N–H and O–H groups in total. The third-order valence-electron chi connectivity index (χ3n) is 2.35. The van der Waals surface area contributed by atoms with Crippen LogP contribution in [0.1, 0.15) is 53.9 Å². The Bertz CT molecular complexity index is 176. The Balaban J connectivity index is 0. The van der Waals surface area contributed by atoms with Crippen LogP contribution in [0.25, 0.3) is 0 Å². The summed E-state index contributed by atoms with van der Waals surface area (Å²) in [5, 5.41) is 0.